The minimum atomic E-state index is -0.0908. The summed E-state index contributed by atoms with van der Waals surface area (Å²) in [6.07, 6.45) is 5.07. The van der Waals surface area contributed by atoms with Crippen LogP contribution in [0.15, 0.2) is 35.9 Å². The van der Waals surface area contributed by atoms with Crippen molar-refractivity contribution in [3.8, 4) is 0 Å². The van der Waals surface area contributed by atoms with Crippen LogP contribution in [0.3, 0.4) is 0 Å². The second-order valence-corrected chi connectivity index (χ2v) is 8.13. The second-order valence-electron chi connectivity index (χ2n) is 8.13. The first-order chi connectivity index (χ1) is 12.9. The van der Waals surface area contributed by atoms with Crippen molar-refractivity contribution >= 4 is 17.9 Å². The Bertz CT molecular complexity index is 706. The standard InChI is InChI=1S/C22H31N3O2/c1-17(13-20-7-5-4-6-8-20)15-24-11-9-22(10-12-24)14-21(23-18(2)26)16-25(22)19(3)27/h4-8,13,21H,9-12,14-16H2,1-3H3,(H,23,26)/b17-13+/t21-/m0/s1. The number of nitrogens with one attached hydrogen (secondary N) is 1. The number of benzene rings is 1. The van der Waals surface area contributed by atoms with Gasteiger partial charge in [0.15, 0.2) is 0 Å². The molecule has 1 aromatic rings. The molecule has 27 heavy (non-hydrogen) atoms. The van der Waals surface area contributed by atoms with E-state index in [1.807, 2.05) is 11.0 Å². The lowest BCUT2D eigenvalue weighted by molar-refractivity contribution is -0.134. The summed E-state index contributed by atoms with van der Waals surface area (Å²) in [4.78, 5) is 28.1. The first-order valence-electron chi connectivity index (χ1n) is 9.88. The van der Waals surface area contributed by atoms with Crippen molar-refractivity contribution in [2.24, 2.45) is 0 Å². The van der Waals surface area contributed by atoms with Crippen LogP contribution >= 0.6 is 0 Å². The zero-order valence-electron chi connectivity index (χ0n) is 16.7. The monoisotopic (exact) mass is 369 g/mol. The Hall–Kier alpha value is -2.14. The van der Waals surface area contributed by atoms with E-state index >= 15 is 0 Å². The summed E-state index contributed by atoms with van der Waals surface area (Å²) >= 11 is 0. The maximum absolute atomic E-state index is 12.2. The van der Waals surface area contributed by atoms with E-state index in [1.165, 1.54) is 11.1 Å². The van der Waals surface area contributed by atoms with E-state index in [9.17, 15) is 9.59 Å². The van der Waals surface area contributed by atoms with Gasteiger partial charge in [-0.1, -0.05) is 42.0 Å². The fourth-order valence-electron chi connectivity index (χ4n) is 4.73. The summed E-state index contributed by atoms with van der Waals surface area (Å²) in [7, 11) is 0. The molecular formula is C22H31N3O2. The van der Waals surface area contributed by atoms with E-state index in [0.29, 0.717) is 6.54 Å². The fraction of sp³-hybridized carbons (Fsp3) is 0.545. The molecule has 0 radical (unpaired) electrons. The topological polar surface area (TPSA) is 52.7 Å². The zero-order chi connectivity index (χ0) is 19.4. The number of nitrogens with zero attached hydrogens (tertiary/aromatic N) is 2. The van der Waals surface area contributed by atoms with Gasteiger partial charge in [-0.15, -0.1) is 0 Å². The molecule has 0 aromatic heterocycles. The van der Waals surface area contributed by atoms with Gasteiger partial charge in [0.25, 0.3) is 0 Å². The maximum Gasteiger partial charge on any atom is 0.219 e. The van der Waals surface area contributed by atoms with E-state index in [4.69, 9.17) is 0 Å². The van der Waals surface area contributed by atoms with Crippen LogP contribution in [0.25, 0.3) is 6.08 Å². The molecule has 2 saturated heterocycles. The third-order valence-corrected chi connectivity index (χ3v) is 5.86. The average Bonchev–Trinajstić information content (AvgIpc) is 2.95. The van der Waals surface area contributed by atoms with E-state index in [1.54, 1.807) is 13.8 Å². The van der Waals surface area contributed by atoms with Gasteiger partial charge in [0.2, 0.25) is 11.8 Å². The lowest BCUT2D eigenvalue weighted by atomic mass is 9.84. The molecule has 5 nitrogen and oxygen atoms in total. The maximum atomic E-state index is 12.2. The molecule has 2 heterocycles. The Balaban J connectivity index is 1.60. The van der Waals surface area contributed by atoms with Gasteiger partial charge in [-0.3, -0.25) is 14.5 Å². The lowest BCUT2D eigenvalue weighted by Gasteiger charge is -2.44. The highest BCUT2D eigenvalue weighted by Crippen LogP contribution is 2.38. The summed E-state index contributed by atoms with van der Waals surface area (Å²) in [5, 5.41) is 3.01. The van der Waals surface area contributed by atoms with Gasteiger partial charge in [-0.25, -0.2) is 0 Å². The number of hydrogen-bond acceptors (Lipinski definition) is 3. The fourth-order valence-corrected chi connectivity index (χ4v) is 4.73. The predicted molar refractivity (Wildman–Crippen MR) is 108 cm³/mol. The number of carbonyl (C=O) groups is 2. The first kappa shape index (κ1) is 19.6. The summed E-state index contributed by atoms with van der Waals surface area (Å²) in [6, 6.07) is 10.5. The average molecular weight is 370 g/mol. The molecule has 2 fully saturated rings. The van der Waals surface area contributed by atoms with Gasteiger partial charge in [0, 0.05) is 51.6 Å². The summed E-state index contributed by atoms with van der Waals surface area (Å²) < 4.78 is 0. The van der Waals surface area contributed by atoms with Crippen LogP contribution in [-0.4, -0.2) is 59.4 Å². The van der Waals surface area contributed by atoms with Crippen LogP contribution in [0.5, 0.6) is 0 Å². The highest BCUT2D eigenvalue weighted by molar-refractivity contribution is 5.76. The molecule has 2 aliphatic heterocycles. The first-order valence-corrected chi connectivity index (χ1v) is 9.88. The summed E-state index contributed by atoms with van der Waals surface area (Å²) in [5.41, 5.74) is 2.50. The Kier molecular flexibility index (Phi) is 6.00. The zero-order valence-corrected chi connectivity index (χ0v) is 16.7. The van der Waals surface area contributed by atoms with Crippen molar-refractivity contribution in [3.63, 3.8) is 0 Å². The molecule has 3 rings (SSSR count). The van der Waals surface area contributed by atoms with E-state index in [2.05, 4.69) is 47.5 Å². The van der Waals surface area contributed by atoms with Crippen LogP contribution < -0.4 is 5.32 Å². The van der Waals surface area contributed by atoms with Crippen LogP contribution in [0.1, 0.15) is 45.6 Å². The normalized spacial score (nSPS) is 22.9. The third-order valence-electron chi connectivity index (χ3n) is 5.86. The number of likely N-dealkylation sites (tertiary alicyclic amines) is 2. The number of amides is 2. The van der Waals surface area contributed by atoms with Crippen LogP contribution in [0.2, 0.25) is 0 Å². The molecule has 2 amide bonds. The van der Waals surface area contributed by atoms with Gasteiger partial charge in [-0.05, 0) is 31.7 Å². The largest absolute Gasteiger partial charge is 0.352 e. The number of carbonyl (C=O) groups excluding carboxylic acids is 2. The molecular weight excluding hydrogens is 338 g/mol. The summed E-state index contributed by atoms with van der Waals surface area (Å²) in [6.45, 7) is 8.95. The second kappa shape index (κ2) is 8.26. The van der Waals surface area contributed by atoms with Crippen LogP contribution in [0.4, 0.5) is 0 Å². The molecule has 2 aliphatic rings. The van der Waals surface area contributed by atoms with Gasteiger partial charge in [0.05, 0.1) is 0 Å². The van der Waals surface area contributed by atoms with Crippen molar-refractivity contribution in [2.75, 3.05) is 26.2 Å². The molecule has 146 valence electrons. The van der Waals surface area contributed by atoms with Crippen molar-refractivity contribution < 1.29 is 9.59 Å². The highest BCUT2D eigenvalue weighted by Gasteiger charge is 2.48. The van der Waals surface area contributed by atoms with Crippen molar-refractivity contribution in [3.05, 3.63) is 41.5 Å². The third kappa shape index (κ3) is 4.78. The number of hydrogen-bond donors (Lipinski definition) is 1. The van der Waals surface area contributed by atoms with Crippen molar-refractivity contribution in [1.29, 1.82) is 0 Å². The van der Waals surface area contributed by atoms with Crippen LogP contribution in [-0.2, 0) is 9.59 Å². The molecule has 1 N–H and O–H groups in total. The van der Waals surface area contributed by atoms with E-state index in [0.717, 1.165) is 38.9 Å². The SMILES string of the molecule is CC(=O)N[C@@H]1CN(C(C)=O)C2(CCN(C/C(C)=C/c3ccccc3)CC2)C1. The minimum Gasteiger partial charge on any atom is -0.352 e. The number of piperidine rings is 1. The molecule has 0 saturated carbocycles. The molecule has 0 aliphatic carbocycles. The Labute approximate surface area is 162 Å². The number of rotatable bonds is 4. The van der Waals surface area contributed by atoms with Crippen molar-refractivity contribution in [1.82, 2.24) is 15.1 Å². The Morgan fingerprint density at radius 2 is 1.81 bits per heavy atom. The lowest BCUT2D eigenvalue weighted by Crippen LogP contribution is -2.53. The highest BCUT2D eigenvalue weighted by atomic mass is 16.2. The molecule has 1 atom stereocenters. The van der Waals surface area contributed by atoms with Gasteiger partial charge >= 0.3 is 0 Å². The summed E-state index contributed by atoms with van der Waals surface area (Å²) in [5.74, 6) is 0.108. The quantitative estimate of drug-likeness (QED) is 0.888. The Morgan fingerprint density at radius 3 is 2.41 bits per heavy atom. The minimum absolute atomic E-state index is 0.0142. The van der Waals surface area contributed by atoms with Gasteiger partial charge in [0.1, 0.15) is 0 Å². The smallest absolute Gasteiger partial charge is 0.219 e. The van der Waals surface area contributed by atoms with Gasteiger partial charge in [-0.2, -0.15) is 0 Å². The molecule has 1 spiro atoms. The predicted octanol–water partition coefficient (Wildman–Crippen LogP) is 2.68. The molecule has 0 unspecified atom stereocenters. The van der Waals surface area contributed by atoms with Gasteiger partial charge < -0.3 is 10.2 Å². The Morgan fingerprint density at radius 1 is 1.15 bits per heavy atom. The molecule has 5 heteroatoms. The molecule has 1 aromatic carbocycles. The van der Waals surface area contributed by atoms with E-state index < -0.39 is 0 Å². The van der Waals surface area contributed by atoms with E-state index in [-0.39, 0.29) is 23.4 Å². The van der Waals surface area contributed by atoms with Crippen molar-refractivity contribution in [2.45, 2.75) is 51.6 Å². The van der Waals surface area contributed by atoms with Crippen LogP contribution in [0, 0.1) is 0 Å². The molecule has 0 bridgehead atoms.